The minimum atomic E-state index is 0. The van der Waals surface area contributed by atoms with Crippen molar-refractivity contribution in [3.63, 3.8) is 0 Å². The van der Waals surface area contributed by atoms with Crippen molar-refractivity contribution in [2.75, 3.05) is 30.8 Å². The third-order valence-corrected chi connectivity index (χ3v) is 4.78. The van der Waals surface area contributed by atoms with Crippen LogP contribution < -0.4 is 5.32 Å². The van der Waals surface area contributed by atoms with Crippen molar-refractivity contribution in [1.82, 2.24) is 9.88 Å². The van der Waals surface area contributed by atoms with E-state index in [2.05, 4.69) is 29.0 Å². The second kappa shape index (κ2) is 11.0. The summed E-state index contributed by atoms with van der Waals surface area (Å²) < 4.78 is 0. The number of rotatable bonds is 9. The van der Waals surface area contributed by atoms with Crippen LogP contribution in [-0.4, -0.2) is 41.4 Å². The quantitative estimate of drug-likeness (QED) is 0.577. The van der Waals surface area contributed by atoms with E-state index in [1.807, 2.05) is 30.5 Å². The Morgan fingerprint density at radius 1 is 1.21 bits per heavy atom. The number of benzene rings is 1. The van der Waals surface area contributed by atoms with Gasteiger partial charge in [0.2, 0.25) is 0 Å². The van der Waals surface area contributed by atoms with Gasteiger partial charge in [0.05, 0.1) is 5.52 Å². The summed E-state index contributed by atoms with van der Waals surface area (Å²) in [7, 11) is 0. The van der Waals surface area contributed by atoms with Crippen LogP contribution in [0.15, 0.2) is 30.5 Å². The summed E-state index contributed by atoms with van der Waals surface area (Å²) in [6.45, 7) is 7.73. The second-order valence-corrected chi connectivity index (χ2v) is 6.43. The maximum absolute atomic E-state index is 6.16. The minimum Gasteiger partial charge on any atom is -0.381 e. The SMILES string of the molecule is CCN(CC)CCC[C@@H](CCl)Nc1ccnc2cc(Cl)ccc12.Cl. The molecule has 1 aromatic carbocycles. The van der Waals surface area contributed by atoms with Gasteiger partial charge >= 0.3 is 0 Å². The average molecular weight is 391 g/mol. The van der Waals surface area contributed by atoms with Crippen LogP contribution in [0.4, 0.5) is 5.69 Å². The first-order valence-corrected chi connectivity index (χ1v) is 9.18. The van der Waals surface area contributed by atoms with Crippen molar-refractivity contribution >= 4 is 52.2 Å². The van der Waals surface area contributed by atoms with Crippen LogP contribution in [0.2, 0.25) is 5.02 Å². The zero-order valence-electron chi connectivity index (χ0n) is 14.3. The van der Waals surface area contributed by atoms with Crippen LogP contribution in [0.1, 0.15) is 26.7 Å². The highest BCUT2D eigenvalue weighted by Gasteiger charge is 2.10. The number of nitrogens with one attached hydrogen (secondary N) is 1. The Bertz CT molecular complexity index is 617. The van der Waals surface area contributed by atoms with Gasteiger partial charge in [-0.3, -0.25) is 4.98 Å². The molecule has 0 amide bonds. The first kappa shape index (κ1) is 21.3. The Morgan fingerprint density at radius 3 is 2.62 bits per heavy atom. The molecule has 6 heteroatoms. The van der Waals surface area contributed by atoms with Crippen molar-refractivity contribution < 1.29 is 0 Å². The molecule has 1 heterocycles. The first-order valence-electron chi connectivity index (χ1n) is 8.27. The molecule has 24 heavy (non-hydrogen) atoms. The molecule has 0 fully saturated rings. The fourth-order valence-corrected chi connectivity index (χ4v) is 3.15. The van der Waals surface area contributed by atoms with E-state index >= 15 is 0 Å². The van der Waals surface area contributed by atoms with E-state index in [0.29, 0.717) is 10.9 Å². The number of hydrogen-bond donors (Lipinski definition) is 1. The van der Waals surface area contributed by atoms with Gasteiger partial charge in [-0.1, -0.05) is 25.4 Å². The number of hydrogen-bond acceptors (Lipinski definition) is 3. The van der Waals surface area contributed by atoms with Gasteiger partial charge in [0.15, 0.2) is 0 Å². The Hall–Kier alpha value is -0.740. The third-order valence-electron chi connectivity index (χ3n) is 4.17. The van der Waals surface area contributed by atoms with Crippen molar-refractivity contribution in [3.05, 3.63) is 35.5 Å². The van der Waals surface area contributed by atoms with Crippen molar-refractivity contribution in [2.45, 2.75) is 32.7 Å². The smallest absolute Gasteiger partial charge is 0.0737 e. The van der Waals surface area contributed by atoms with Gasteiger partial charge in [-0.05, 0) is 56.7 Å². The Morgan fingerprint density at radius 2 is 1.96 bits per heavy atom. The Balaban J connectivity index is 0.00000288. The summed E-state index contributed by atoms with van der Waals surface area (Å²) in [5.41, 5.74) is 1.97. The van der Waals surface area contributed by atoms with Gasteiger partial charge in [-0.15, -0.1) is 24.0 Å². The molecule has 1 N–H and O–H groups in total. The molecular formula is C18H26Cl3N3. The lowest BCUT2D eigenvalue weighted by molar-refractivity contribution is 0.295. The van der Waals surface area contributed by atoms with E-state index in [-0.39, 0.29) is 18.4 Å². The summed E-state index contributed by atoms with van der Waals surface area (Å²) in [6, 6.07) is 8.05. The van der Waals surface area contributed by atoms with Crippen molar-refractivity contribution in [3.8, 4) is 0 Å². The van der Waals surface area contributed by atoms with Gasteiger partial charge in [-0.25, -0.2) is 0 Å². The largest absolute Gasteiger partial charge is 0.381 e. The number of aromatic nitrogens is 1. The highest BCUT2D eigenvalue weighted by molar-refractivity contribution is 6.31. The van der Waals surface area contributed by atoms with Gasteiger partial charge in [0.25, 0.3) is 0 Å². The third kappa shape index (κ3) is 5.96. The normalized spacial score (nSPS) is 12.2. The number of halogens is 3. The summed E-state index contributed by atoms with van der Waals surface area (Å²) in [5, 5.41) is 5.35. The van der Waals surface area contributed by atoms with Crippen LogP contribution in [-0.2, 0) is 0 Å². The van der Waals surface area contributed by atoms with E-state index in [1.54, 1.807) is 0 Å². The predicted octanol–water partition coefficient (Wildman–Crippen LogP) is 5.45. The Labute approximate surface area is 161 Å². The molecule has 0 unspecified atom stereocenters. The topological polar surface area (TPSA) is 28.2 Å². The highest BCUT2D eigenvalue weighted by atomic mass is 35.5. The Kier molecular flexibility index (Phi) is 9.75. The lowest BCUT2D eigenvalue weighted by Gasteiger charge is -2.22. The average Bonchev–Trinajstić information content (AvgIpc) is 2.57. The number of anilines is 1. The molecule has 0 saturated heterocycles. The first-order chi connectivity index (χ1) is 11.2. The molecule has 0 bridgehead atoms. The highest BCUT2D eigenvalue weighted by Crippen LogP contribution is 2.25. The standard InChI is InChI=1S/C18H25Cl2N3.ClH/c1-3-23(4-2)11-5-6-15(13-19)22-17-9-10-21-18-12-14(20)7-8-16(17)18;/h7-10,12,15H,3-6,11,13H2,1-2H3,(H,21,22);1H/t15-;/m0./s1. The molecule has 3 nitrogen and oxygen atoms in total. The van der Waals surface area contributed by atoms with E-state index in [1.165, 1.54) is 0 Å². The molecule has 0 radical (unpaired) electrons. The molecule has 1 aromatic heterocycles. The van der Waals surface area contributed by atoms with Crippen LogP contribution in [0.25, 0.3) is 10.9 Å². The molecule has 0 spiro atoms. The fourth-order valence-electron chi connectivity index (χ4n) is 2.76. The van der Waals surface area contributed by atoms with Gasteiger partial charge in [-0.2, -0.15) is 0 Å². The van der Waals surface area contributed by atoms with Crippen LogP contribution >= 0.6 is 35.6 Å². The maximum Gasteiger partial charge on any atom is 0.0737 e. The zero-order valence-corrected chi connectivity index (χ0v) is 16.6. The van der Waals surface area contributed by atoms with E-state index < -0.39 is 0 Å². The molecule has 2 aromatic rings. The van der Waals surface area contributed by atoms with E-state index in [4.69, 9.17) is 23.2 Å². The van der Waals surface area contributed by atoms with Crippen LogP contribution in [0.5, 0.6) is 0 Å². The summed E-state index contributed by atoms with van der Waals surface area (Å²) in [4.78, 5) is 6.82. The van der Waals surface area contributed by atoms with Crippen molar-refractivity contribution in [2.24, 2.45) is 0 Å². The summed E-state index contributed by atoms with van der Waals surface area (Å²) >= 11 is 12.2. The molecule has 0 aliphatic heterocycles. The predicted molar refractivity (Wildman–Crippen MR) is 109 cm³/mol. The summed E-state index contributed by atoms with van der Waals surface area (Å²) in [5.74, 6) is 0.593. The molecule has 134 valence electrons. The molecule has 2 rings (SSSR count). The van der Waals surface area contributed by atoms with E-state index in [0.717, 1.165) is 49.1 Å². The zero-order chi connectivity index (χ0) is 16.7. The lowest BCUT2D eigenvalue weighted by Crippen LogP contribution is -2.27. The minimum absolute atomic E-state index is 0. The molecule has 0 aliphatic rings. The number of nitrogens with zero attached hydrogens (tertiary/aromatic N) is 2. The van der Waals surface area contributed by atoms with Crippen LogP contribution in [0, 0.1) is 0 Å². The van der Waals surface area contributed by atoms with Gasteiger partial charge in [0.1, 0.15) is 0 Å². The summed E-state index contributed by atoms with van der Waals surface area (Å²) in [6.07, 6.45) is 4.00. The van der Waals surface area contributed by atoms with Crippen molar-refractivity contribution in [1.29, 1.82) is 0 Å². The molecular weight excluding hydrogens is 365 g/mol. The van der Waals surface area contributed by atoms with Crippen LogP contribution in [0.3, 0.4) is 0 Å². The monoisotopic (exact) mass is 389 g/mol. The number of pyridine rings is 1. The van der Waals surface area contributed by atoms with E-state index in [9.17, 15) is 0 Å². The molecule has 1 atom stereocenters. The molecule has 0 aliphatic carbocycles. The lowest BCUT2D eigenvalue weighted by atomic mass is 10.1. The maximum atomic E-state index is 6.16. The second-order valence-electron chi connectivity index (χ2n) is 5.68. The molecule has 0 saturated carbocycles. The van der Waals surface area contributed by atoms with Gasteiger partial charge in [0, 0.05) is 34.2 Å². The number of fused-ring (bicyclic) bond motifs is 1. The fraction of sp³-hybridized carbons (Fsp3) is 0.500. The number of alkyl halides is 1. The van der Waals surface area contributed by atoms with Gasteiger partial charge < -0.3 is 10.2 Å².